The fraction of sp³-hybridized carbons (Fsp3) is 0.0870. The van der Waals surface area contributed by atoms with Gasteiger partial charge < -0.3 is 10.1 Å². The number of aryl methyl sites for hydroxylation is 2. The highest BCUT2D eigenvalue weighted by molar-refractivity contribution is 5.92. The van der Waals surface area contributed by atoms with E-state index in [1.807, 2.05) is 18.2 Å². The Morgan fingerprint density at radius 2 is 1.31 bits per heavy atom. The zero-order chi connectivity index (χ0) is 18.3. The minimum absolute atomic E-state index is 0.293. The maximum absolute atomic E-state index is 11.0. The molecule has 0 aliphatic rings. The third-order valence-corrected chi connectivity index (χ3v) is 4.89. The highest BCUT2D eigenvalue weighted by Gasteiger charge is 2.08. The average Bonchev–Trinajstić information content (AvgIpc) is 3.15. The predicted molar refractivity (Wildman–Crippen MR) is 106 cm³/mol. The topological polar surface area (TPSA) is 53.1 Å². The molecule has 0 fully saturated rings. The van der Waals surface area contributed by atoms with Gasteiger partial charge in [-0.25, -0.2) is 4.79 Å². The van der Waals surface area contributed by atoms with Gasteiger partial charge in [-0.3, -0.25) is 0 Å². The lowest BCUT2D eigenvalue weighted by Gasteiger charge is -2.08. The lowest BCUT2D eigenvalue weighted by Crippen LogP contribution is -1.94. The van der Waals surface area contributed by atoms with Crippen LogP contribution in [0.4, 0.5) is 0 Å². The summed E-state index contributed by atoms with van der Waals surface area (Å²) < 4.78 is 0. The summed E-state index contributed by atoms with van der Waals surface area (Å²) in [4.78, 5) is 14.4. The Hall–Kier alpha value is -3.33. The second-order valence-corrected chi connectivity index (χ2v) is 6.63. The molecule has 0 spiro atoms. The minimum Gasteiger partial charge on any atom is -0.478 e. The van der Waals surface area contributed by atoms with E-state index in [-0.39, 0.29) is 0 Å². The number of aromatic nitrogens is 1. The molecule has 1 aromatic heterocycles. The molecule has 0 radical (unpaired) electrons. The molecule has 4 rings (SSSR count). The van der Waals surface area contributed by atoms with Gasteiger partial charge in [0.25, 0.3) is 0 Å². The third-order valence-electron chi connectivity index (χ3n) is 4.89. The van der Waals surface area contributed by atoms with Crippen molar-refractivity contribution in [2.75, 3.05) is 0 Å². The van der Waals surface area contributed by atoms with E-state index in [1.54, 1.807) is 12.1 Å². The molecule has 2 N–H and O–H groups in total. The van der Waals surface area contributed by atoms with Crippen molar-refractivity contribution in [3.8, 4) is 22.5 Å². The van der Waals surface area contributed by atoms with Crippen LogP contribution in [-0.2, 0) is 0 Å². The average molecular weight is 341 g/mol. The van der Waals surface area contributed by atoms with Crippen molar-refractivity contribution >= 4 is 16.7 Å². The Bertz CT molecular complexity index is 1120. The highest BCUT2D eigenvalue weighted by Crippen LogP contribution is 2.30. The Kier molecular flexibility index (Phi) is 3.85. The molecule has 0 amide bonds. The first-order valence-corrected chi connectivity index (χ1v) is 8.56. The summed E-state index contributed by atoms with van der Waals surface area (Å²) in [5.74, 6) is -0.912. The molecule has 0 aliphatic heterocycles. The number of carbonyl (C=O) groups is 1. The van der Waals surface area contributed by atoms with Crippen molar-refractivity contribution in [1.82, 2.24) is 4.98 Å². The minimum atomic E-state index is -0.912. The monoisotopic (exact) mass is 341 g/mol. The number of carboxylic acid groups (broad SMARTS) is 1. The molecule has 0 aliphatic carbocycles. The van der Waals surface area contributed by atoms with Gasteiger partial charge in [0.15, 0.2) is 0 Å². The van der Waals surface area contributed by atoms with Gasteiger partial charge in [-0.1, -0.05) is 36.4 Å². The molecule has 0 bridgehead atoms. The molecular formula is C23H19NO2. The van der Waals surface area contributed by atoms with Crippen LogP contribution in [0.5, 0.6) is 0 Å². The number of aromatic carboxylic acids is 1. The summed E-state index contributed by atoms with van der Waals surface area (Å²) in [5.41, 5.74) is 6.96. The molecular weight excluding hydrogens is 322 g/mol. The highest BCUT2D eigenvalue weighted by atomic mass is 16.4. The van der Waals surface area contributed by atoms with E-state index < -0.39 is 5.97 Å². The number of H-pyrrole nitrogens is 1. The van der Waals surface area contributed by atoms with Gasteiger partial charge in [-0.2, -0.15) is 0 Å². The van der Waals surface area contributed by atoms with E-state index in [0.717, 1.165) is 22.5 Å². The van der Waals surface area contributed by atoms with Crippen LogP contribution in [0.3, 0.4) is 0 Å². The Balaban J connectivity index is 1.73. The molecule has 3 heteroatoms. The first-order valence-electron chi connectivity index (χ1n) is 8.56. The molecule has 3 nitrogen and oxygen atoms in total. The number of carboxylic acids is 1. The first-order chi connectivity index (χ1) is 12.5. The van der Waals surface area contributed by atoms with Crippen molar-refractivity contribution in [2.45, 2.75) is 13.8 Å². The molecule has 0 unspecified atom stereocenters. The van der Waals surface area contributed by atoms with Gasteiger partial charge >= 0.3 is 5.97 Å². The molecule has 4 aromatic rings. The maximum Gasteiger partial charge on any atom is 0.335 e. The molecule has 0 atom stereocenters. The quantitative estimate of drug-likeness (QED) is 0.493. The van der Waals surface area contributed by atoms with Crippen LogP contribution >= 0.6 is 0 Å². The number of rotatable bonds is 3. The largest absolute Gasteiger partial charge is 0.478 e. The second kappa shape index (κ2) is 6.19. The number of benzene rings is 3. The zero-order valence-corrected chi connectivity index (χ0v) is 14.7. The van der Waals surface area contributed by atoms with E-state index in [9.17, 15) is 4.79 Å². The normalized spacial score (nSPS) is 11.0. The number of fused-ring (bicyclic) bond motifs is 1. The van der Waals surface area contributed by atoms with Crippen molar-refractivity contribution < 1.29 is 9.90 Å². The fourth-order valence-electron chi connectivity index (χ4n) is 3.34. The van der Waals surface area contributed by atoms with Gasteiger partial charge in [-0.05, 0) is 77.2 Å². The summed E-state index contributed by atoms with van der Waals surface area (Å²) in [6.07, 6.45) is 0. The van der Waals surface area contributed by atoms with Gasteiger partial charge in [0.1, 0.15) is 0 Å². The van der Waals surface area contributed by atoms with E-state index >= 15 is 0 Å². The number of hydrogen-bond acceptors (Lipinski definition) is 1. The van der Waals surface area contributed by atoms with Crippen molar-refractivity contribution in [2.24, 2.45) is 0 Å². The van der Waals surface area contributed by atoms with Crippen LogP contribution in [0.1, 0.15) is 21.5 Å². The summed E-state index contributed by atoms with van der Waals surface area (Å²) in [5, 5.41) is 11.6. The van der Waals surface area contributed by atoms with Gasteiger partial charge in [0.2, 0.25) is 0 Å². The molecule has 3 aromatic carbocycles. The molecule has 26 heavy (non-hydrogen) atoms. The third kappa shape index (κ3) is 2.78. The van der Waals surface area contributed by atoms with Crippen LogP contribution in [0.25, 0.3) is 33.3 Å². The Morgan fingerprint density at radius 1 is 0.731 bits per heavy atom. The van der Waals surface area contributed by atoms with Crippen molar-refractivity contribution in [1.29, 1.82) is 0 Å². The SMILES string of the molecule is Cc1ccc(C)c2cc(-c3ccc(-c4ccc(C(=O)O)cc4)[nH]3)ccc12. The van der Waals surface area contributed by atoms with Crippen LogP contribution in [-0.4, -0.2) is 16.1 Å². The number of nitrogens with one attached hydrogen (secondary N) is 1. The van der Waals surface area contributed by atoms with Crippen LogP contribution < -0.4 is 0 Å². The number of hydrogen-bond donors (Lipinski definition) is 2. The standard InChI is InChI=1S/C23H19NO2/c1-14-3-4-15(2)20-13-18(9-10-19(14)20)22-12-11-21(24-22)16-5-7-17(8-6-16)23(25)26/h3-13,24H,1-2H3,(H,25,26). The van der Waals surface area contributed by atoms with Gasteiger partial charge in [0, 0.05) is 11.4 Å². The first kappa shape index (κ1) is 16.2. The summed E-state index contributed by atoms with van der Waals surface area (Å²) in [7, 11) is 0. The Morgan fingerprint density at radius 3 is 1.96 bits per heavy atom. The maximum atomic E-state index is 11.0. The molecule has 1 heterocycles. The zero-order valence-electron chi connectivity index (χ0n) is 14.7. The Labute approximate surface area is 151 Å². The van der Waals surface area contributed by atoms with Crippen molar-refractivity contribution in [3.05, 3.63) is 83.4 Å². The lowest BCUT2D eigenvalue weighted by atomic mass is 9.98. The molecule has 128 valence electrons. The number of aromatic amines is 1. The van der Waals surface area contributed by atoms with Crippen LogP contribution in [0.15, 0.2) is 66.7 Å². The lowest BCUT2D eigenvalue weighted by molar-refractivity contribution is 0.0697. The summed E-state index contributed by atoms with van der Waals surface area (Å²) >= 11 is 0. The fourth-order valence-corrected chi connectivity index (χ4v) is 3.34. The van der Waals surface area contributed by atoms with E-state index in [2.05, 4.69) is 55.2 Å². The van der Waals surface area contributed by atoms with Crippen LogP contribution in [0, 0.1) is 13.8 Å². The van der Waals surface area contributed by atoms with Gasteiger partial charge in [-0.15, -0.1) is 0 Å². The van der Waals surface area contributed by atoms with Crippen molar-refractivity contribution in [3.63, 3.8) is 0 Å². The van der Waals surface area contributed by atoms with Gasteiger partial charge in [0.05, 0.1) is 5.56 Å². The van der Waals surface area contributed by atoms with E-state index in [0.29, 0.717) is 5.56 Å². The summed E-state index contributed by atoms with van der Waals surface area (Å²) in [6, 6.07) is 21.8. The smallest absolute Gasteiger partial charge is 0.335 e. The van der Waals surface area contributed by atoms with E-state index in [1.165, 1.54) is 21.9 Å². The predicted octanol–water partition coefficient (Wildman–Crippen LogP) is 5.82. The summed E-state index contributed by atoms with van der Waals surface area (Å²) in [6.45, 7) is 4.27. The second-order valence-electron chi connectivity index (χ2n) is 6.63. The molecule has 0 saturated carbocycles. The van der Waals surface area contributed by atoms with Crippen LogP contribution in [0.2, 0.25) is 0 Å². The molecule has 0 saturated heterocycles. The van der Waals surface area contributed by atoms with E-state index in [4.69, 9.17) is 5.11 Å².